The predicted molar refractivity (Wildman–Crippen MR) is 90.8 cm³/mol. The Balaban J connectivity index is 1.75. The third-order valence-electron chi connectivity index (χ3n) is 4.15. The maximum atomic E-state index is 13.4. The van der Waals surface area contributed by atoms with E-state index < -0.39 is 15.8 Å². The maximum absolute atomic E-state index is 13.4. The van der Waals surface area contributed by atoms with Gasteiger partial charge in [0.15, 0.2) is 0 Å². The molecule has 24 heavy (non-hydrogen) atoms. The molecule has 7 heteroatoms. The van der Waals surface area contributed by atoms with Crippen LogP contribution in [0.3, 0.4) is 0 Å². The lowest BCUT2D eigenvalue weighted by Crippen LogP contribution is -2.24. The Bertz CT molecular complexity index is 833. The van der Waals surface area contributed by atoms with Crippen LogP contribution in [-0.2, 0) is 16.6 Å². The van der Waals surface area contributed by atoms with Crippen molar-refractivity contribution in [3.8, 4) is 0 Å². The summed E-state index contributed by atoms with van der Waals surface area (Å²) in [6.45, 7) is 3.74. The van der Waals surface area contributed by atoms with E-state index in [1.165, 1.54) is 12.1 Å². The largest absolute Gasteiger partial charge is 0.357 e. The summed E-state index contributed by atoms with van der Waals surface area (Å²) in [5, 5.41) is 0. The standard InChI is InChI=1S/C17H20FN3O2S/c1-13-4-5-15(18)11-16(13)24(22,23)20-12-14-6-7-19-17(10-14)21-8-2-3-9-21/h4-7,10-11,20H,2-3,8-9,12H2,1H3. The summed E-state index contributed by atoms with van der Waals surface area (Å²) in [4.78, 5) is 6.51. The van der Waals surface area contributed by atoms with Crippen LogP contribution in [0.15, 0.2) is 41.4 Å². The zero-order chi connectivity index (χ0) is 17.2. The van der Waals surface area contributed by atoms with Gasteiger partial charge >= 0.3 is 0 Å². The summed E-state index contributed by atoms with van der Waals surface area (Å²) >= 11 is 0. The Kier molecular flexibility index (Phi) is 4.82. The van der Waals surface area contributed by atoms with Crippen molar-refractivity contribution >= 4 is 15.8 Å². The van der Waals surface area contributed by atoms with Crippen LogP contribution in [0.4, 0.5) is 10.2 Å². The Hall–Kier alpha value is -1.99. The van der Waals surface area contributed by atoms with Gasteiger partial charge in [-0.15, -0.1) is 0 Å². The molecule has 2 aromatic rings. The van der Waals surface area contributed by atoms with Gasteiger partial charge in [0, 0.05) is 25.8 Å². The summed E-state index contributed by atoms with van der Waals surface area (Å²) in [5.74, 6) is 0.298. The predicted octanol–water partition coefficient (Wildman–Crippen LogP) is 2.61. The van der Waals surface area contributed by atoms with E-state index in [0.717, 1.165) is 43.4 Å². The first-order chi connectivity index (χ1) is 11.5. The van der Waals surface area contributed by atoms with Crippen LogP contribution < -0.4 is 9.62 Å². The molecule has 0 aliphatic carbocycles. The minimum absolute atomic E-state index is 0.0312. The molecule has 0 atom stereocenters. The van der Waals surface area contributed by atoms with Crippen LogP contribution >= 0.6 is 0 Å². The van der Waals surface area contributed by atoms with Crippen LogP contribution in [0.2, 0.25) is 0 Å². The Morgan fingerprint density at radius 2 is 1.96 bits per heavy atom. The number of aryl methyl sites for hydroxylation is 1. The first-order valence-corrected chi connectivity index (χ1v) is 9.40. The van der Waals surface area contributed by atoms with E-state index in [0.29, 0.717) is 5.56 Å². The quantitative estimate of drug-likeness (QED) is 0.901. The molecular weight excluding hydrogens is 329 g/mol. The first kappa shape index (κ1) is 16.9. The van der Waals surface area contributed by atoms with Gasteiger partial charge in [-0.05, 0) is 55.2 Å². The van der Waals surface area contributed by atoms with Gasteiger partial charge < -0.3 is 4.90 Å². The molecule has 1 aliphatic heterocycles. The number of anilines is 1. The molecular formula is C17H20FN3O2S. The molecule has 0 bridgehead atoms. The summed E-state index contributed by atoms with van der Waals surface area (Å²) < 4.78 is 40.7. The topological polar surface area (TPSA) is 62.3 Å². The van der Waals surface area contributed by atoms with Crippen molar-refractivity contribution in [1.82, 2.24) is 9.71 Å². The SMILES string of the molecule is Cc1ccc(F)cc1S(=O)(=O)NCc1ccnc(N2CCCC2)c1. The minimum Gasteiger partial charge on any atom is -0.357 e. The Morgan fingerprint density at radius 1 is 1.21 bits per heavy atom. The van der Waals surface area contributed by atoms with Crippen molar-refractivity contribution in [2.24, 2.45) is 0 Å². The number of rotatable bonds is 5. The van der Waals surface area contributed by atoms with Crippen molar-refractivity contribution in [3.05, 3.63) is 53.5 Å². The smallest absolute Gasteiger partial charge is 0.241 e. The van der Waals surface area contributed by atoms with E-state index >= 15 is 0 Å². The highest BCUT2D eigenvalue weighted by Gasteiger charge is 2.18. The molecule has 128 valence electrons. The van der Waals surface area contributed by atoms with Crippen molar-refractivity contribution in [3.63, 3.8) is 0 Å². The molecule has 0 saturated carbocycles. The fraction of sp³-hybridized carbons (Fsp3) is 0.353. The number of aromatic nitrogens is 1. The number of pyridine rings is 1. The monoisotopic (exact) mass is 349 g/mol. The van der Waals surface area contributed by atoms with Crippen LogP contribution in [-0.4, -0.2) is 26.5 Å². The van der Waals surface area contributed by atoms with Gasteiger partial charge in [-0.2, -0.15) is 0 Å². The molecule has 5 nitrogen and oxygen atoms in total. The summed E-state index contributed by atoms with van der Waals surface area (Å²) in [7, 11) is -3.77. The molecule has 0 amide bonds. The second kappa shape index (κ2) is 6.86. The van der Waals surface area contributed by atoms with E-state index in [1.807, 2.05) is 6.07 Å². The van der Waals surface area contributed by atoms with Gasteiger partial charge in [-0.1, -0.05) is 6.07 Å². The van der Waals surface area contributed by atoms with Crippen molar-refractivity contribution in [2.75, 3.05) is 18.0 Å². The van der Waals surface area contributed by atoms with Crippen molar-refractivity contribution in [1.29, 1.82) is 0 Å². The van der Waals surface area contributed by atoms with E-state index in [9.17, 15) is 12.8 Å². The third-order valence-corrected chi connectivity index (χ3v) is 5.69. The van der Waals surface area contributed by atoms with Gasteiger partial charge in [0.05, 0.1) is 4.90 Å². The molecule has 1 fully saturated rings. The van der Waals surface area contributed by atoms with Crippen LogP contribution in [0.25, 0.3) is 0 Å². The number of nitrogens with zero attached hydrogens (tertiary/aromatic N) is 2. The molecule has 1 saturated heterocycles. The highest BCUT2D eigenvalue weighted by atomic mass is 32.2. The number of halogens is 1. The second-order valence-electron chi connectivity index (χ2n) is 5.95. The summed E-state index contributed by atoms with van der Waals surface area (Å²) in [6.07, 6.45) is 3.99. The molecule has 2 heterocycles. The van der Waals surface area contributed by atoms with E-state index in [1.54, 1.807) is 19.2 Å². The van der Waals surface area contributed by atoms with Gasteiger partial charge in [0.25, 0.3) is 0 Å². The minimum atomic E-state index is -3.77. The van der Waals surface area contributed by atoms with Gasteiger partial charge in [0.1, 0.15) is 11.6 Å². The first-order valence-electron chi connectivity index (χ1n) is 7.91. The highest BCUT2D eigenvalue weighted by molar-refractivity contribution is 7.89. The van der Waals surface area contributed by atoms with Crippen LogP contribution in [0.1, 0.15) is 24.0 Å². The molecule has 0 radical (unpaired) electrons. The Morgan fingerprint density at radius 3 is 2.71 bits per heavy atom. The lowest BCUT2D eigenvalue weighted by atomic mass is 10.2. The van der Waals surface area contributed by atoms with E-state index in [2.05, 4.69) is 14.6 Å². The lowest BCUT2D eigenvalue weighted by Gasteiger charge is -2.17. The molecule has 1 N–H and O–H groups in total. The lowest BCUT2D eigenvalue weighted by molar-refractivity contribution is 0.576. The number of benzene rings is 1. The number of hydrogen-bond donors (Lipinski definition) is 1. The molecule has 0 unspecified atom stereocenters. The fourth-order valence-corrected chi connectivity index (χ4v) is 4.08. The normalized spacial score (nSPS) is 15.0. The molecule has 1 aliphatic rings. The second-order valence-corrected chi connectivity index (χ2v) is 7.69. The Labute approximate surface area is 141 Å². The zero-order valence-corrected chi connectivity index (χ0v) is 14.3. The average Bonchev–Trinajstić information content (AvgIpc) is 3.10. The van der Waals surface area contributed by atoms with Gasteiger partial charge in [-0.3, -0.25) is 0 Å². The molecule has 0 spiro atoms. The number of nitrogens with one attached hydrogen (secondary N) is 1. The molecule has 1 aromatic carbocycles. The fourth-order valence-electron chi connectivity index (χ4n) is 2.81. The van der Waals surface area contributed by atoms with Crippen molar-refractivity contribution in [2.45, 2.75) is 31.2 Å². The summed E-state index contributed by atoms with van der Waals surface area (Å²) in [5.41, 5.74) is 1.33. The van der Waals surface area contributed by atoms with Crippen LogP contribution in [0.5, 0.6) is 0 Å². The van der Waals surface area contributed by atoms with Crippen molar-refractivity contribution < 1.29 is 12.8 Å². The summed E-state index contributed by atoms with van der Waals surface area (Å²) in [6, 6.07) is 7.42. The van der Waals surface area contributed by atoms with Crippen LogP contribution in [0, 0.1) is 12.7 Å². The molecule has 1 aromatic heterocycles. The molecule has 3 rings (SSSR count). The zero-order valence-electron chi connectivity index (χ0n) is 13.5. The highest BCUT2D eigenvalue weighted by Crippen LogP contribution is 2.20. The van der Waals surface area contributed by atoms with E-state index in [4.69, 9.17) is 0 Å². The number of sulfonamides is 1. The van der Waals surface area contributed by atoms with Gasteiger partial charge in [-0.25, -0.2) is 22.5 Å². The number of hydrogen-bond acceptors (Lipinski definition) is 4. The maximum Gasteiger partial charge on any atom is 0.241 e. The average molecular weight is 349 g/mol. The van der Waals surface area contributed by atoms with Gasteiger partial charge in [0.2, 0.25) is 10.0 Å². The third kappa shape index (κ3) is 3.73. The van der Waals surface area contributed by atoms with E-state index in [-0.39, 0.29) is 11.4 Å².